The zero-order chi connectivity index (χ0) is 14.3. The molecule has 0 aliphatic heterocycles. The van der Waals surface area contributed by atoms with Gasteiger partial charge in [0.25, 0.3) is 0 Å². The maximum Gasteiger partial charge on any atom is 0.326 e. The van der Waals surface area contributed by atoms with E-state index in [9.17, 15) is 14.7 Å². The monoisotopic (exact) mass is 284 g/mol. The number of carbonyl (C=O) groups excluding carboxylic acids is 1. The zero-order valence-electron chi connectivity index (χ0n) is 10.4. The third-order valence-electron chi connectivity index (χ3n) is 2.32. The molecule has 0 aromatic heterocycles. The lowest BCUT2D eigenvalue weighted by Gasteiger charge is -2.14. The molecule has 4 N–H and O–H groups in total. The maximum atomic E-state index is 11.6. The van der Waals surface area contributed by atoms with Gasteiger partial charge in [-0.05, 0) is 30.6 Å². The molecule has 1 atom stereocenters. The number of thioether (sulfide) groups is 1. The number of nitrogens with one attached hydrogen (secondary N) is 2. The molecule has 0 aliphatic rings. The molecule has 0 fully saturated rings. The van der Waals surface area contributed by atoms with E-state index < -0.39 is 18.0 Å². The largest absolute Gasteiger partial charge is 0.508 e. The van der Waals surface area contributed by atoms with Crippen molar-refractivity contribution in [2.75, 3.05) is 17.3 Å². The Kier molecular flexibility index (Phi) is 6.01. The number of phenolic OH excluding ortho intramolecular Hbond substituents is 1. The molecule has 1 rings (SSSR count). The Hall–Kier alpha value is -1.89. The molecular weight excluding hydrogens is 268 g/mol. The number of hydrogen-bond acceptors (Lipinski definition) is 4. The molecule has 0 saturated heterocycles. The molecular formula is C12H16N2O4S. The molecule has 19 heavy (non-hydrogen) atoms. The summed E-state index contributed by atoms with van der Waals surface area (Å²) in [5.74, 6) is -0.404. The average Bonchev–Trinajstić information content (AvgIpc) is 2.34. The normalized spacial score (nSPS) is 11.6. The van der Waals surface area contributed by atoms with Crippen LogP contribution in [-0.2, 0) is 4.79 Å². The first-order chi connectivity index (χ1) is 9.02. The van der Waals surface area contributed by atoms with Gasteiger partial charge in [0.1, 0.15) is 11.8 Å². The minimum absolute atomic E-state index is 0.0231. The summed E-state index contributed by atoms with van der Waals surface area (Å²) in [6, 6.07) is 4.48. The highest BCUT2D eigenvalue weighted by Gasteiger charge is 2.19. The van der Waals surface area contributed by atoms with E-state index in [0.717, 1.165) is 0 Å². The topological polar surface area (TPSA) is 98.7 Å². The van der Waals surface area contributed by atoms with Crippen molar-refractivity contribution >= 4 is 29.4 Å². The van der Waals surface area contributed by atoms with Gasteiger partial charge in [-0.25, -0.2) is 9.59 Å². The van der Waals surface area contributed by atoms with Crippen LogP contribution in [-0.4, -0.2) is 40.3 Å². The van der Waals surface area contributed by atoms with E-state index in [1.54, 1.807) is 12.1 Å². The highest BCUT2D eigenvalue weighted by molar-refractivity contribution is 7.98. The number of rotatable bonds is 6. The van der Waals surface area contributed by atoms with Crippen LogP contribution in [0.2, 0.25) is 0 Å². The van der Waals surface area contributed by atoms with Gasteiger partial charge >= 0.3 is 12.0 Å². The van der Waals surface area contributed by atoms with Crippen molar-refractivity contribution in [3.05, 3.63) is 24.3 Å². The molecule has 1 aromatic carbocycles. The summed E-state index contributed by atoms with van der Waals surface area (Å²) in [6.45, 7) is 0. The van der Waals surface area contributed by atoms with Crippen molar-refractivity contribution < 1.29 is 19.8 Å². The molecule has 2 amide bonds. The summed E-state index contributed by atoms with van der Waals surface area (Å²) >= 11 is 1.51. The standard InChI is InChI=1S/C12H16N2O4S/c1-19-6-5-10(11(16)17)14-12(18)13-8-3-2-4-9(15)7-8/h2-4,7,10,15H,5-6H2,1H3,(H,16,17)(H2,13,14,18). The lowest BCUT2D eigenvalue weighted by Crippen LogP contribution is -2.43. The number of phenols is 1. The van der Waals surface area contributed by atoms with Crippen molar-refractivity contribution in [3.8, 4) is 5.75 Å². The molecule has 6 nitrogen and oxygen atoms in total. The predicted octanol–water partition coefficient (Wildman–Crippen LogP) is 1.72. The van der Waals surface area contributed by atoms with Gasteiger partial charge in [0.05, 0.1) is 0 Å². The Morgan fingerprint density at radius 2 is 2.16 bits per heavy atom. The van der Waals surface area contributed by atoms with Gasteiger partial charge in [-0.2, -0.15) is 11.8 Å². The molecule has 1 unspecified atom stereocenters. The van der Waals surface area contributed by atoms with Crippen LogP contribution in [0.4, 0.5) is 10.5 Å². The highest BCUT2D eigenvalue weighted by atomic mass is 32.2. The summed E-state index contributed by atoms with van der Waals surface area (Å²) in [5, 5.41) is 23.0. The van der Waals surface area contributed by atoms with Gasteiger partial charge in [-0.1, -0.05) is 6.07 Å². The van der Waals surface area contributed by atoms with Crippen LogP contribution in [0.15, 0.2) is 24.3 Å². The number of urea groups is 1. The van der Waals surface area contributed by atoms with Crippen LogP contribution in [0.3, 0.4) is 0 Å². The summed E-state index contributed by atoms with van der Waals surface area (Å²) in [5.41, 5.74) is 0.395. The molecule has 7 heteroatoms. The van der Waals surface area contributed by atoms with Gasteiger partial charge < -0.3 is 20.8 Å². The lowest BCUT2D eigenvalue weighted by molar-refractivity contribution is -0.139. The Bertz CT molecular complexity index is 453. The lowest BCUT2D eigenvalue weighted by atomic mass is 10.2. The first-order valence-electron chi connectivity index (χ1n) is 5.61. The molecule has 0 saturated carbocycles. The first kappa shape index (κ1) is 15.2. The van der Waals surface area contributed by atoms with Crippen LogP contribution in [0, 0.1) is 0 Å². The summed E-state index contributed by atoms with van der Waals surface area (Å²) in [4.78, 5) is 22.6. The first-order valence-corrected chi connectivity index (χ1v) is 7.00. The SMILES string of the molecule is CSCCC(NC(=O)Nc1cccc(O)c1)C(=O)O. The van der Waals surface area contributed by atoms with Gasteiger partial charge in [0.2, 0.25) is 0 Å². The van der Waals surface area contributed by atoms with E-state index >= 15 is 0 Å². The summed E-state index contributed by atoms with van der Waals surface area (Å²) in [7, 11) is 0. The number of hydrogen-bond donors (Lipinski definition) is 4. The molecule has 0 heterocycles. The Morgan fingerprint density at radius 1 is 1.42 bits per heavy atom. The number of carbonyl (C=O) groups is 2. The van der Waals surface area contributed by atoms with Crippen molar-refractivity contribution in [1.82, 2.24) is 5.32 Å². The number of anilines is 1. The third kappa shape index (κ3) is 5.52. The van der Waals surface area contributed by atoms with Crippen LogP contribution in [0.1, 0.15) is 6.42 Å². The Balaban J connectivity index is 2.55. The second-order valence-electron chi connectivity index (χ2n) is 3.82. The van der Waals surface area contributed by atoms with Crippen molar-refractivity contribution in [2.45, 2.75) is 12.5 Å². The average molecular weight is 284 g/mol. The van der Waals surface area contributed by atoms with E-state index in [1.165, 1.54) is 23.9 Å². The fourth-order valence-electron chi connectivity index (χ4n) is 1.40. The quantitative estimate of drug-likeness (QED) is 0.637. The molecule has 0 radical (unpaired) electrons. The smallest absolute Gasteiger partial charge is 0.326 e. The molecule has 0 bridgehead atoms. The molecule has 104 valence electrons. The van der Waals surface area contributed by atoms with Crippen molar-refractivity contribution in [1.29, 1.82) is 0 Å². The van der Waals surface area contributed by atoms with Gasteiger partial charge in [0, 0.05) is 11.8 Å². The van der Waals surface area contributed by atoms with E-state index in [1.807, 2.05) is 6.26 Å². The fraction of sp³-hybridized carbons (Fsp3) is 0.333. The summed E-state index contributed by atoms with van der Waals surface area (Å²) < 4.78 is 0. The van der Waals surface area contributed by atoms with E-state index in [2.05, 4.69) is 10.6 Å². The zero-order valence-corrected chi connectivity index (χ0v) is 11.2. The van der Waals surface area contributed by atoms with Crippen molar-refractivity contribution in [3.63, 3.8) is 0 Å². The highest BCUT2D eigenvalue weighted by Crippen LogP contribution is 2.15. The molecule has 1 aromatic rings. The number of carboxylic acid groups (broad SMARTS) is 1. The molecule has 0 aliphatic carbocycles. The Morgan fingerprint density at radius 3 is 2.74 bits per heavy atom. The minimum atomic E-state index is -1.07. The van der Waals surface area contributed by atoms with Gasteiger partial charge in [-0.3, -0.25) is 0 Å². The number of carboxylic acids is 1. The molecule has 0 spiro atoms. The fourth-order valence-corrected chi connectivity index (χ4v) is 1.87. The summed E-state index contributed by atoms with van der Waals surface area (Å²) in [6.07, 6.45) is 2.22. The maximum absolute atomic E-state index is 11.6. The number of benzene rings is 1. The van der Waals surface area contributed by atoms with Crippen LogP contribution < -0.4 is 10.6 Å². The second-order valence-corrected chi connectivity index (χ2v) is 4.81. The van der Waals surface area contributed by atoms with Crippen LogP contribution in [0.25, 0.3) is 0 Å². The van der Waals surface area contributed by atoms with E-state index in [4.69, 9.17) is 5.11 Å². The van der Waals surface area contributed by atoms with Gasteiger partial charge in [0.15, 0.2) is 0 Å². The van der Waals surface area contributed by atoms with Crippen LogP contribution in [0.5, 0.6) is 5.75 Å². The van der Waals surface area contributed by atoms with E-state index in [-0.39, 0.29) is 5.75 Å². The Labute approximate surface area is 115 Å². The minimum Gasteiger partial charge on any atom is -0.508 e. The van der Waals surface area contributed by atoms with Gasteiger partial charge in [-0.15, -0.1) is 0 Å². The van der Waals surface area contributed by atoms with E-state index in [0.29, 0.717) is 17.9 Å². The van der Waals surface area contributed by atoms with Crippen molar-refractivity contribution in [2.24, 2.45) is 0 Å². The number of amides is 2. The number of aromatic hydroxyl groups is 1. The van der Waals surface area contributed by atoms with Crippen LogP contribution >= 0.6 is 11.8 Å². The number of aliphatic carboxylic acids is 1. The predicted molar refractivity (Wildman–Crippen MR) is 74.7 cm³/mol. The third-order valence-corrected chi connectivity index (χ3v) is 2.96. The second kappa shape index (κ2) is 7.52.